The molecule has 0 radical (unpaired) electrons. The molecule has 2 aliphatic heterocycles. The summed E-state index contributed by atoms with van der Waals surface area (Å²) in [5.74, 6) is -0.175. The number of hydrogen-bond acceptors (Lipinski definition) is 5. The molecule has 2 aromatic rings. The molecule has 0 bridgehead atoms. The molecule has 1 atom stereocenters. The lowest BCUT2D eigenvalue weighted by Gasteiger charge is -2.28. The number of rotatable bonds is 1. The predicted octanol–water partition coefficient (Wildman–Crippen LogP) is 1.59. The van der Waals surface area contributed by atoms with E-state index in [0.29, 0.717) is 18.1 Å². The zero-order chi connectivity index (χ0) is 14.6. The van der Waals surface area contributed by atoms with Gasteiger partial charge in [-0.15, -0.1) is 0 Å². The van der Waals surface area contributed by atoms with Crippen LogP contribution in [-0.4, -0.2) is 38.8 Å². The summed E-state index contributed by atoms with van der Waals surface area (Å²) >= 11 is 0. The Morgan fingerprint density at radius 1 is 1.19 bits per heavy atom. The fourth-order valence-corrected chi connectivity index (χ4v) is 2.97. The fraction of sp³-hybridized carbons (Fsp3) is 0.200. The van der Waals surface area contributed by atoms with Crippen molar-refractivity contribution in [2.45, 2.75) is 12.0 Å². The third-order valence-corrected chi connectivity index (χ3v) is 4.05. The quantitative estimate of drug-likeness (QED) is 0.779. The maximum absolute atomic E-state index is 12.5. The lowest BCUT2D eigenvalue weighted by atomic mass is 9.91. The first-order valence-electron chi connectivity index (χ1n) is 6.71. The number of aliphatic hydroxyl groups is 1. The summed E-state index contributed by atoms with van der Waals surface area (Å²) in [5, 5.41) is 20.4. The Hall–Kier alpha value is -2.60. The molecule has 0 saturated carbocycles. The lowest BCUT2D eigenvalue weighted by Crippen LogP contribution is -2.49. The van der Waals surface area contributed by atoms with Crippen LogP contribution in [0.1, 0.15) is 16.9 Å². The van der Waals surface area contributed by atoms with Crippen LogP contribution in [0.2, 0.25) is 0 Å². The second-order valence-corrected chi connectivity index (χ2v) is 5.26. The van der Waals surface area contributed by atoms with Crippen molar-refractivity contribution in [2.24, 2.45) is 4.99 Å². The van der Waals surface area contributed by atoms with Crippen LogP contribution in [0.25, 0.3) is 0 Å². The molecule has 106 valence electrons. The fourth-order valence-electron chi connectivity index (χ4n) is 2.97. The molecule has 1 aromatic carbocycles. The van der Waals surface area contributed by atoms with Crippen molar-refractivity contribution in [1.82, 2.24) is 4.73 Å². The molecule has 0 amide bonds. The van der Waals surface area contributed by atoms with Crippen molar-refractivity contribution >= 4 is 23.0 Å². The van der Waals surface area contributed by atoms with E-state index < -0.39 is 11.4 Å². The van der Waals surface area contributed by atoms with E-state index >= 15 is 0 Å². The Bertz CT molecular complexity index is 766. The van der Waals surface area contributed by atoms with Gasteiger partial charge in [0.1, 0.15) is 5.84 Å². The average molecular weight is 283 g/mol. The van der Waals surface area contributed by atoms with Crippen LogP contribution < -0.4 is 4.90 Å². The van der Waals surface area contributed by atoms with E-state index in [1.165, 1.54) is 6.20 Å². The van der Waals surface area contributed by atoms with E-state index in [-0.39, 0.29) is 12.1 Å². The predicted molar refractivity (Wildman–Crippen MR) is 76.4 cm³/mol. The van der Waals surface area contributed by atoms with E-state index in [9.17, 15) is 15.1 Å². The molecular formula is C15H13N3O3. The number of ketones is 1. The number of carbonyl (C=O) groups is 1. The molecule has 2 aliphatic rings. The van der Waals surface area contributed by atoms with E-state index in [4.69, 9.17) is 0 Å². The largest absolute Gasteiger partial charge is 0.428 e. The third-order valence-electron chi connectivity index (χ3n) is 4.05. The van der Waals surface area contributed by atoms with E-state index in [2.05, 4.69) is 4.99 Å². The van der Waals surface area contributed by atoms with Gasteiger partial charge in [-0.3, -0.25) is 4.79 Å². The highest BCUT2D eigenvalue weighted by Crippen LogP contribution is 2.39. The molecule has 3 heterocycles. The van der Waals surface area contributed by atoms with Gasteiger partial charge in [0.2, 0.25) is 5.78 Å². The molecule has 6 heteroatoms. The Balaban J connectivity index is 1.88. The van der Waals surface area contributed by atoms with Crippen molar-refractivity contribution in [3.8, 4) is 0 Å². The summed E-state index contributed by atoms with van der Waals surface area (Å²) in [7, 11) is 0. The van der Waals surface area contributed by atoms with E-state index in [1.54, 1.807) is 6.07 Å². The van der Waals surface area contributed by atoms with E-state index in [1.807, 2.05) is 35.2 Å². The van der Waals surface area contributed by atoms with Crippen molar-refractivity contribution in [2.75, 3.05) is 11.4 Å². The summed E-state index contributed by atoms with van der Waals surface area (Å²) in [6.45, 7) is 0.501. The number of carbonyl (C=O) groups excluding carboxylic acids is 1. The van der Waals surface area contributed by atoms with Gasteiger partial charge in [-0.1, -0.05) is 18.2 Å². The van der Waals surface area contributed by atoms with Crippen LogP contribution in [0.5, 0.6) is 0 Å². The molecule has 0 aliphatic carbocycles. The number of nitrogens with zero attached hydrogens (tertiary/aromatic N) is 3. The van der Waals surface area contributed by atoms with Crippen LogP contribution in [0, 0.1) is 0 Å². The third kappa shape index (κ3) is 1.50. The number of amidine groups is 1. The van der Waals surface area contributed by atoms with Crippen molar-refractivity contribution in [1.29, 1.82) is 0 Å². The van der Waals surface area contributed by atoms with Gasteiger partial charge in [-0.25, -0.2) is 4.99 Å². The first-order chi connectivity index (χ1) is 10.1. The normalized spacial score (nSPS) is 23.8. The molecule has 2 N–H and O–H groups in total. The number of aliphatic imine (C=N–C) groups is 1. The summed E-state index contributed by atoms with van der Waals surface area (Å²) in [6.07, 6.45) is 1.61. The number of anilines is 1. The van der Waals surface area contributed by atoms with Gasteiger partial charge in [0, 0.05) is 24.8 Å². The second-order valence-electron chi connectivity index (χ2n) is 5.26. The van der Waals surface area contributed by atoms with Gasteiger partial charge in [0.05, 0.1) is 5.69 Å². The maximum atomic E-state index is 12.5. The molecule has 4 rings (SSSR count). The van der Waals surface area contributed by atoms with Crippen LogP contribution in [0.15, 0.2) is 47.6 Å². The smallest absolute Gasteiger partial charge is 0.224 e. The van der Waals surface area contributed by atoms with Crippen molar-refractivity contribution in [3.05, 3.63) is 48.3 Å². The van der Waals surface area contributed by atoms with Gasteiger partial charge in [-0.05, 0) is 18.2 Å². The number of benzene rings is 1. The highest BCUT2D eigenvalue weighted by Gasteiger charge is 2.53. The summed E-state index contributed by atoms with van der Waals surface area (Å²) in [6, 6.07) is 11.1. The Morgan fingerprint density at radius 2 is 1.95 bits per heavy atom. The highest BCUT2D eigenvalue weighted by molar-refractivity contribution is 6.27. The Kier molecular flexibility index (Phi) is 2.29. The minimum Gasteiger partial charge on any atom is -0.428 e. The summed E-state index contributed by atoms with van der Waals surface area (Å²) in [4.78, 5) is 18.8. The van der Waals surface area contributed by atoms with Gasteiger partial charge in [-0.2, -0.15) is 4.73 Å². The van der Waals surface area contributed by atoms with E-state index in [0.717, 1.165) is 10.4 Å². The number of para-hydroxylation sites is 1. The first kappa shape index (κ1) is 12.2. The molecule has 21 heavy (non-hydrogen) atoms. The molecular weight excluding hydrogens is 270 g/mol. The van der Waals surface area contributed by atoms with Gasteiger partial charge < -0.3 is 15.2 Å². The number of aromatic nitrogens is 1. The lowest BCUT2D eigenvalue weighted by molar-refractivity contribution is 0.0557. The van der Waals surface area contributed by atoms with Crippen molar-refractivity contribution in [3.63, 3.8) is 0 Å². The topological polar surface area (TPSA) is 78.1 Å². The van der Waals surface area contributed by atoms with Crippen LogP contribution in [-0.2, 0) is 0 Å². The first-order valence-corrected chi connectivity index (χ1v) is 6.71. The van der Waals surface area contributed by atoms with Crippen molar-refractivity contribution < 1.29 is 15.1 Å². The SMILES string of the molecule is O=C1c2c(ccn2O)N=C2N(c3ccccc3)CCC12O. The Morgan fingerprint density at radius 3 is 2.71 bits per heavy atom. The molecule has 1 aromatic heterocycles. The minimum atomic E-state index is -1.67. The second kappa shape index (κ2) is 3.95. The molecule has 6 nitrogen and oxygen atoms in total. The molecule has 0 spiro atoms. The summed E-state index contributed by atoms with van der Waals surface area (Å²) in [5.41, 5.74) is -0.366. The van der Waals surface area contributed by atoms with Gasteiger partial charge in [0.25, 0.3) is 0 Å². The number of hydrogen-bond donors (Lipinski definition) is 2. The Labute approximate surface area is 120 Å². The zero-order valence-electron chi connectivity index (χ0n) is 11.1. The molecule has 1 unspecified atom stereocenters. The number of Topliss-reactive ketones (excluding diaryl/α,β-unsaturated/α-hetero) is 1. The average Bonchev–Trinajstić information content (AvgIpc) is 3.03. The summed E-state index contributed by atoms with van der Waals surface area (Å²) < 4.78 is 0.723. The van der Waals surface area contributed by atoms with Gasteiger partial charge >= 0.3 is 0 Å². The minimum absolute atomic E-state index is 0.0381. The maximum Gasteiger partial charge on any atom is 0.224 e. The van der Waals surface area contributed by atoms with Crippen LogP contribution in [0.4, 0.5) is 11.4 Å². The standard InChI is InChI=1S/C15H13N3O3/c19-13-12-11(6-8-18(12)21)16-14-15(13,20)7-9-17(14)10-4-2-1-3-5-10/h1-6,8,20-21H,7,9H2. The zero-order valence-corrected chi connectivity index (χ0v) is 11.1. The monoisotopic (exact) mass is 283 g/mol. The van der Waals surface area contributed by atoms with Crippen LogP contribution in [0.3, 0.4) is 0 Å². The molecule has 1 fully saturated rings. The van der Waals surface area contributed by atoms with Gasteiger partial charge in [0.15, 0.2) is 11.3 Å². The molecule has 1 saturated heterocycles. The number of fused-ring (bicyclic) bond motifs is 2. The van der Waals surface area contributed by atoms with Crippen LogP contribution >= 0.6 is 0 Å². The highest BCUT2D eigenvalue weighted by atomic mass is 16.5.